The van der Waals surface area contributed by atoms with Gasteiger partial charge in [-0.2, -0.15) is 0 Å². The molecule has 27 heavy (non-hydrogen) atoms. The monoisotopic (exact) mass is 372 g/mol. The summed E-state index contributed by atoms with van der Waals surface area (Å²) in [4.78, 5) is 21.5. The summed E-state index contributed by atoms with van der Waals surface area (Å²) >= 11 is 1.21. The van der Waals surface area contributed by atoms with E-state index in [0.717, 1.165) is 22.2 Å². The van der Waals surface area contributed by atoms with Gasteiger partial charge in [-0.05, 0) is 17.7 Å². The molecule has 4 nitrogen and oxygen atoms in total. The number of fused-ring (bicyclic) bond motifs is 1. The van der Waals surface area contributed by atoms with Gasteiger partial charge in [-0.15, -0.1) is 0 Å². The van der Waals surface area contributed by atoms with E-state index in [9.17, 15) is 9.90 Å². The molecule has 0 spiro atoms. The summed E-state index contributed by atoms with van der Waals surface area (Å²) in [6.45, 7) is 0. The Morgan fingerprint density at radius 1 is 0.778 bits per heavy atom. The van der Waals surface area contributed by atoms with Gasteiger partial charge < -0.3 is 5.11 Å². The Morgan fingerprint density at radius 3 is 1.96 bits per heavy atom. The number of carbonyl (C=O) groups is 1. The van der Waals surface area contributed by atoms with Crippen LogP contribution in [0.25, 0.3) is 22.3 Å². The van der Waals surface area contributed by atoms with Crippen LogP contribution in [-0.4, -0.2) is 21.0 Å². The Balaban J connectivity index is 1.85. The molecule has 0 bridgehead atoms. The van der Waals surface area contributed by atoms with E-state index in [1.54, 1.807) is 0 Å². The summed E-state index contributed by atoms with van der Waals surface area (Å²) in [5.74, 6) is -0.903. The van der Waals surface area contributed by atoms with Crippen molar-refractivity contribution in [2.45, 2.75) is 10.3 Å². The number of carboxylic acids is 1. The molecule has 1 atom stereocenters. The van der Waals surface area contributed by atoms with Crippen LogP contribution in [0.1, 0.15) is 10.8 Å². The molecular formula is C22H16N2O2S. The fraction of sp³-hybridized carbons (Fsp3) is 0.0455. The summed E-state index contributed by atoms with van der Waals surface area (Å²) < 4.78 is 0. The lowest BCUT2D eigenvalue weighted by Crippen LogP contribution is -2.09. The van der Waals surface area contributed by atoms with E-state index in [4.69, 9.17) is 9.97 Å². The van der Waals surface area contributed by atoms with Crippen molar-refractivity contribution in [1.82, 2.24) is 9.97 Å². The second-order valence-corrected chi connectivity index (χ2v) is 7.07. The number of rotatable bonds is 5. The molecule has 132 valence electrons. The van der Waals surface area contributed by atoms with Crippen molar-refractivity contribution in [3.05, 3.63) is 90.5 Å². The Kier molecular flexibility index (Phi) is 4.85. The van der Waals surface area contributed by atoms with Gasteiger partial charge in [-0.3, -0.25) is 4.79 Å². The predicted molar refractivity (Wildman–Crippen MR) is 108 cm³/mol. The number of hydrogen-bond acceptors (Lipinski definition) is 4. The lowest BCUT2D eigenvalue weighted by Gasteiger charge is -2.15. The number of carboxylic acid groups (broad SMARTS) is 1. The number of benzene rings is 3. The van der Waals surface area contributed by atoms with Crippen molar-refractivity contribution in [1.29, 1.82) is 0 Å². The summed E-state index contributed by atoms with van der Waals surface area (Å²) in [5.41, 5.74) is 3.87. The summed E-state index contributed by atoms with van der Waals surface area (Å²) in [7, 11) is 0. The van der Waals surface area contributed by atoms with E-state index in [1.807, 2.05) is 84.9 Å². The van der Waals surface area contributed by atoms with E-state index >= 15 is 0 Å². The van der Waals surface area contributed by atoms with Crippen molar-refractivity contribution in [3.8, 4) is 11.3 Å². The first-order valence-electron chi connectivity index (χ1n) is 8.49. The lowest BCUT2D eigenvalue weighted by molar-refractivity contribution is -0.136. The van der Waals surface area contributed by atoms with Gasteiger partial charge >= 0.3 is 5.97 Å². The number of nitrogens with zero attached hydrogens (tertiary/aromatic N) is 2. The summed E-state index contributed by atoms with van der Waals surface area (Å²) in [5, 5.41) is 9.64. The Bertz CT molecular complexity index is 1090. The van der Waals surface area contributed by atoms with Gasteiger partial charge in [-0.1, -0.05) is 84.6 Å². The van der Waals surface area contributed by atoms with Crippen molar-refractivity contribution >= 4 is 28.8 Å². The van der Waals surface area contributed by atoms with E-state index in [0.29, 0.717) is 10.7 Å². The molecule has 0 unspecified atom stereocenters. The second kappa shape index (κ2) is 7.60. The fourth-order valence-electron chi connectivity index (χ4n) is 2.85. The minimum atomic E-state index is -0.903. The molecule has 4 rings (SSSR count). The lowest BCUT2D eigenvalue weighted by atomic mass is 10.1. The molecule has 5 heteroatoms. The van der Waals surface area contributed by atoms with Gasteiger partial charge in [0.25, 0.3) is 0 Å². The molecule has 4 aromatic rings. The minimum absolute atomic E-state index is 0.608. The third-order valence-electron chi connectivity index (χ3n) is 4.14. The van der Waals surface area contributed by atoms with Crippen LogP contribution in [0.5, 0.6) is 0 Å². The number of thioether (sulfide) groups is 1. The van der Waals surface area contributed by atoms with Gasteiger partial charge in [0.1, 0.15) is 16.0 Å². The van der Waals surface area contributed by atoms with Crippen LogP contribution < -0.4 is 0 Å². The molecule has 0 saturated carbocycles. The number of aromatic nitrogens is 2. The number of hydrogen-bond donors (Lipinski definition) is 1. The molecule has 0 radical (unpaired) electrons. The first-order valence-corrected chi connectivity index (χ1v) is 9.37. The van der Waals surface area contributed by atoms with Crippen LogP contribution in [0, 0.1) is 0 Å². The average molecular weight is 372 g/mol. The molecule has 0 aliphatic carbocycles. The number of para-hydroxylation sites is 2. The van der Waals surface area contributed by atoms with Crippen LogP contribution >= 0.6 is 11.8 Å². The third kappa shape index (κ3) is 3.68. The molecule has 0 aliphatic rings. The molecule has 0 saturated heterocycles. The minimum Gasteiger partial charge on any atom is -0.480 e. The van der Waals surface area contributed by atoms with Gasteiger partial charge in [0.05, 0.1) is 11.0 Å². The highest BCUT2D eigenvalue weighted by atomic mass is 32.2. The molecule has 0 aliphatic heterocycles. The highest BCUT2D eigenvalue weighted by Gasteiger charge is 2.24. The molecule has 3 aromatic carbocycles. The van der Waals surface area contributed by atoms with Crippen LogP contribution in [0.3, 0.4) is 0 Å². The topological polar surface area (TPSA) is 63.1 Å². The van der Waals surface area contributed by atoms with E-state index in [2.05, 4.69) is 0 Å². The number of aliphatic carboxylic acids is 1. The Hall–Kier alpha value is -3.18. The highest BCUT2D eigenvalue weighted by Crippen LogP contribution is 2.39. The van der Waals surface area contributed by atoms with Crippen molar-refractivity contribution < 1.29 is 9.90 Å². The van der Waals surface area contributed by atoms with E-state index < -0.39 is 11.2 Å². The SMILES string of the molecule is O=C(O)[C@H](Sc1nc2ccccc2nc1-c1ccccc1)c1ccccc1. The zero-order chi connectivity index (χ0) is 18.6. The zero-order valence-corrected chi connectivity index (χ0v) is 15.1. The normalized spacial score (nSPS) is 12.0. The summed E-state index contributed by atoms with van der Waals surface area (Å²) in [6, 6.07) is 26.6. The van der Waals surface area contributed by atoms with Gasteiger partial charge in [0, 0.05) is 5.56 Å². The predicted octanol–water partition coefficient (Wildman–Crippen LogP) is 5.21. The summed E-state index contributed by atoms with van der Waals surface area (Å²) in [6.07, 6.45) is 0. The van der Waals surface area contributed by atoms with Crippen LogP contribution in [0.4, 0.5) is 0 Å². The fourth-order valence-corrected chi connectivity index (χ4v) is 3.89. The third-order valence-corrected chi connectivity index (χ3v) is 5.36. The maximum Gasteiger partial charge on any atom is 0.321 e. The van der Waals surface area contributed by atoms with E-state index in [1.165, 1.54) is 11.8 Å². The Morgan fingerprint density at radius 2 is 1.33 bits per heavy atom. The van der Waals surface area contributed by atoms with Crippen LogP contribution in [-0.2, 0) is 4.79 Å². The van der Waals surface area contributed by atoms with Crippen molar-refractivity contribution in [2.75, 3.05) is 0 Å². The van der Waals surface area contributed by atoms with Crippen molar-refractivity contribution in [3.63, 3.8) is 0 Å². The molecule has 0 fully saturated rings. The molecule has 0 amide bonds. The largest absolute Gasteiger partial charge is 0.480 e. The molecular weight excluding hydrogens is 356 g/mol. The second-order valence-electron chi connectivity index (χ2n) is 5.98. The smallest absolute Gasteiger partial charge is 0.321 e. The van der Waals surface area contributed by atoms with Crippen molar-refractivity contribution in [2.24, 2.45) is 0 Å². The zero-order valence-electron chi connectivity index (χ0n) is 14.3. The quantitative estimate of drug-likeness (QED) is 0.487. The molecule has 1 aromatic heterocycles. The molecule has 1 heterocycles. The highest BCUT2D eigenvalue weighted by molar-refractivity contribution is 8.00. The van der Waals surface area contributed by atoms with Gasteiger partial charge in [-0.25, -0.2) is 9.97 Å². The van der Waals surface area contributed by atoms with Gasteiger partial charge in [0.15, 0.2) is 0 Å². The first kappa shape index (κ1) is 17.2. The standard InChI is InChI=1S/C22H16N2O2S/c25-22(26)20(16-11-5-2-6-12-16)27-21-19(15-9-3-1-4-10-15)23-17-13-7-8-14-18(17)24-21/h1-14,20H,(H,25,26)/t20-/m1/s1. The maximum atomic E-state index is 11.9. The molecule has 1 N–H and O–H groups in total. The maximum absolute atomic E-state index is 11.9. The average Bonchev–Trinajstić information content (AvgIpc) is 2.72. The van der Waals surface area contributed by atoms with Crippen LogP contribution in [0.15, 0.2) is 90.0 Å². The van der Waals surface area contributed by atoms with Gasteiger partial charge in [0.2, 0.25) is 0 Å². The van der Waals surface area contributed by atoms with E-state index in [-0.39, 0.29) is 0 Å². The Labute approximate surface area is 160 Å². The first-order chi connectivity index (χ1) is 13.2. The van der Waals surface area contributed by atoms with Crippen LogP contribution in [0.2, 0.25) is 0 Å².